The van der Waals surface area contributed by atoms with Gasteiger partial charge in [0, 0.05) is 13.0 Å². The van der Waals surface area contributed by atoms with Crippen LogP contribution in [0, 0.1) is 5.82 Å². The highest BCUT2D eigenvalue weighted by Gasteiger charge is 2.39. The molecule has 0 N–H and O–H groups in total. The summed E-state index contributed by atoms with van der Waals surface area (Å²) >= 11 is 5.86. The summed E-state index contributed by atoms with van der Waals surface area (Å²) in [6.45, 7) is 1.68. The number of ketones is 2. The van der Waals surface area contributed by atoms with Gasteiger partial charge in [-0.25, -0.2) is 4.39 Å². The van der Waals surface area contributed by atoms with E-state index in [2.05, 4.69) is 0 Å². The van der Waals surface area contributed by atoms with E-state index in [0.717, 1.165) is 11.0 Å². The van der Waals surface area contributed by atoms with Crippen LogP contribution in [0.4, 0.5) is 10.1 Å². The fourth-order valence-electron chi connectivity index (χ4n) is 2.21. The summed E-state index contributed by atoms with van der Waals surface area (Å²) in [5.74, 6) is -2.13. The number of hydrogen-bond acceptors (Lipinski definition) is 3. The van der Waals surface area contributed by atoms with Gasteiger partial charge in [-0.1, -0.05) is 11.6 Å². The second kappa shape index (κ2) is 5.71. The molecule has 0 saturated heterocycles. The lowest BCUT2D eigenvalue weighted by Crippen LogP contribution is -2.31. The number of nitrogens with zero attached hydrogens (tertiary/aromatic N) is 1. The van der Waals surface area contributed by atoms with Crippen molar-refractivity contribution in [1.29, 1.82) is 0 Å². The number of carbonyl (C=O) groups excluding carboxylic acids is 3. The van der Waals surface area contributed by atoms with Crippen LogP contribution in [-0.4, -0.2) is 24.0 Å². The predicted molar refractivity (Wildman–Crippen MR) is 72.6 cm³/mol. The van der Waals surface area contributed by atoms with Gasteiger partial charge in [0.2, 0.25) is 0 Å². The highest BCUT2D eigenvalue weighted by atomic mass is 35.5. The highest BCUT2D eigenvalue weighted by Crippen LogP contribution is 2.36. The normalized spacial score (nSPS) is 13.8. The minimum atomic E-state index is -0.781. The first-order valence-electron chi connectivity index (χ1n) is 6.27. The van der Waals surface area contributed by atoms with Crippen LogP contribution < -0.4 is 4.90 Å². The number of Topliss-reactive ketones (excluding diaryl/α,β-unsaturated/α-hetero) is 2. The minimum Gasteiger partial charge on any atom is -0.302 e. The van der Waals surface area contributed by atoms with Gasteiger partial charge in [-0.15, -0.1) is 0 Å². The molecule has 0 saturated carbocycles. The van der Waals surface area contributed by atoms with E-state index in [0.29, 0.717) is 19.3 Å². The Morgan fingerprint density at radius 2 is 2.00 bits per heavy atom. The Hall–Kier alpha value is -1.75. The topological polar surface area (TPSA) is 54.5 Å². The van der Waals surface area contributed by atoms with Crippen LogP contribution in [0.25, 0.3) is 0 Å². The van der Waals surface area contributed by atoms with Gasteiger partial charge >= 0.3 is 0 Å². The number of halogens is 2. The van der Waals surface area contributed by atoms with Crippen LogP contribution in [0.15, 0.2) is 12.1 Å². The van der Waals surface area contributed by atoms with Crippen LogP contribution in [0.2, 0.25) is 5.02 Å². The summed E-state index contributed by atoms with van der Waals surface area (Å²) in [4.78, 5) is 35.7. The number of fused-ring (bicyclic) bond motifs is 1. The van der Waals surface area contributed by atoms with Crippen molar-refractivity contribution in [1.82, 2.24) is 0 Å². The zero-order valence-electron chi connectivity index (χ0n) is 10.9. The second-order valence-electron chi connectivity index (χ2n) is 4.70. The van der Waals surface area contributed by atoms with E-state index in [-0.39, 0.29) is 28.6 Å². The third-order valence-corrected chi connectivity index (χ3v) is 3.49. The summed E-state index contributed by atoms with van der Waals surface area (Å²) in [5.41, 5.74) is -0.112. The van der Waals surface area contributed by atoms with Crippen molar-refractivity contribution >= 4 is 34.8 Å². The fraction of sp³-hybridized carbons (Fsp3) is 0.357. The zero-order chi connectivity index (χ0) is 14.9. The van der Waals surface area contributed by atoms with Gasteiger partial charge in [0.15, 0.2) is 0 Å². The zero-order valence-corrected chi connectivity index (χ0v) is 11.7. The van der Waals surface area contributed by atoms with Gasteiger partial charge in [-0.3, -0.25) is 9.59 Å². The van der Waals surface area contributed by atoms with Crippen LogP contribution in [0.3, 0.4) is 0 Å². The molecular weight excluding hydrogens is 285 g/mol. The molecular formula is C14H13ClFNO3. The first kappa shape index (κ1) is 14.7. The molecule has 0 spiro atoms. The van der Waals surface area contributed by atoms with Crippen LogP contribution in [0.1, 0.15) is 36.5 Å². The lowest BCUT2D eigenvalue weighted by Gasteiger charge is -2.16. The van der Waals surface area contributed by atoms with Gasteiger partial charge in [0.05, 0.1) is 16.3 Å². The molecule has 4 nitrogen and oxygen atoms in total. The number of benzene rings is 1. The van der Waals surface area contributed by atoms with Gasteiger partial charge in [0.25, 0.3) is 11.7 Å². The van der Waals surface area contributed by atoms with E-state index in [1.165, 1.54) is 13.0 Å². The Morgan fingerprint density at radius 1 is 1.30 bits per heavy atom. The Bertz CT molecular complexity index is 600. The van der Waals surface area contributed by atoms with Crippen LogP contribution >= 0.6 is 11.6 Å². The van der Waals surface area contributed by atoms with Gasteiger partial charge in [-0.05, 0) is 31.9 Å². The van der Waals surface area contributed by atoms with Gasteiger partial charge in [-0.2, -0.15) is 0 Å². The molecule has 6 heteroatoms. The molecule has 0 fully saturated rings. The fourth-order valence-corrected chi connectivity index (χ4v) is 2.45. The van der Waals surface area contributed by atoms with Crippen molar-refractivity contribution < 1.29 is 18.8 Å². The van der Waals surface area contributed by atoms with Gasteiger partial charge in [0.1, 0.15) is 11.6 Å². The molecule has 0 radical (unpaired) electrons. The summed E-state index contributed by atoms with van der Waals surface area (Å²) < 4.78 is 13.8. The molecule has 1 amide bonds. The average Bonchev–Trinajstić information content (AvgIpc) is 2.64. The third kappa shape index (κ3) is 2.58. The van der Waals surface area contributed by atoms with Crippen molar-refractivity contribution in [3.05, 3.63) is 28.5 Å². The first-order valence-corrected chi connectivity index (χ1v) is 6.65. The number of hydrogen-bond donors (Lipinski definition) is 0. The van der Waals surface area contributed by atoms with E-state index < -0.39 is 17.5 Å². The molecule has 1 aliphatic heterocycles. The minimum absolute atomic E-state index is 0.0460. The number of amides is 1. The second-order valence-corrected chi connectivity index (χ2v) is 5.11. The molecule has 0 aromatic heterocycles. The molecule has 0 aliphatic carbocycles. The summed E-state index contributed by atoms with van der Waals surface area (Å²) in [6.07, 6.45) is 1.51. The molecule has 106 valence electrons. The number of anilines is 1. The Morgan fingerprint density at radius 3 is 2.65 bits per heavy atom. The molecule has 1 aromatic carbocycles. The van der Waals surface area contributed by atoms with Crippen molar-refractivity contribution in [3.63, 3.8) is 0 Å². The Balaban J connectivity index is 2.20. The maximum Gasteiger partial charge on any atom is 0.299 e. The molecule has 1 aromatic rings. The smallest absolute Gasteiger partial charge is 0.299 e. The van der Waals surface area contributed by atoms with E-state index >= 15 is 0 Å². The van der Waals surface area contributed by atoms with E-state index in [4.69, 9.17) is 11.6 Å². The molecule has 0 bridgehead atoms. The predicted octanol–water partition coefficient (Wildman–Crippen LogP) is 2.77. The molecule has 1 heterocycles. The maximum absolute atomic E-state index is 13.8. The van der Waals surface area contributed by atoms with Crippen LogP contribution in [-0.2, 0) is 9.59 Å². The van der Waals surface area contributed by atoms with Crippen molar-refractivity contribution in [2.24, 2.45) is 0 Å². The number of carbonyl (C=O) groups is 3. The summed E-state index contributed by atoms with van der Waals surface area (Å²) in [7, 11) is 0. The lowest BCUT2D eigenvalue weighted by atomic mass is 10.1. The lowest BCUT2D eigenvalue weighted by molar-refractivity contribution is -0.117. The third-order valence-electron chi connectivity index (χ3n) is 3.17. The molecule has 2 rings (SSSR count). The van der Waals surface area contributed by atoms with Crippen molar-refractivity contribution in [2.45, 2.75) is 26.2 Å². The quantitative estimate of drug-likeness (QED) is 0.620. The number of rotatable bonds is 5. The Labute approximate surface area is 120 Å². The summed E-state index contributed by atoms with van der Waals surface area (Å²) in [5, 5.41) is 0.0750. The SMILES string of the molecule is CC(=O)CCCCN1C(=O)C(=O)c2c(Cl)ccc(F)c21. The average molecular weight is 298 g/mol. The van der Waals surface area contributed by atoms with E-state index in [9.17, 15) is 18.8 Å². The first-order chi connectivity index (χ1) is 9.43. The molecule has 0 atom stereocenters. The van der Waals surface area contributed by atoms with E-state index in [1.807, 2.05) is 0 Å². The standard InChI is InChI=1S/C14H13ClFNO3/c1-8(18)4-2-3-7-17-12-10(16)6-5-9(15)11(12)13(19)14(17)20/h5-6H,2-4,7H2,1H3. The highest BCUT2D eigenvalue weighted by molar-refractivity contribution is 6.55. The maximum atomic E-state index is 13.8. The van der Waals surface area contributed by atoms with Crippen molar-refractivity contribution in [3.8, 4) is 0 Å². The van der Waals surface area contributed by atoms with Gasteiger partial charge < -0.3 is 9.69 Å². The van der Waals surface area contributed by atoms with Crippen molar-refractivity contribution in [2.75, 3.05) is 11.4 Å². The largest absolute Gasteiger partial charge is 0.302 e. The molecule has 0 unspecified atom stereocenters. The van der Waals surface area contributed by atoms with E-state index in [1.54, 1.807) is 0 Å². The molecule has 20 heavy (non-hydrogen) atoms. The summed E-state index contributed by atoms with van der Waals surface area (Å²) in [6, 6.07) is 2.40. The van der Waals surface area contributed by atoms with Crippen LogP contribution in [0.5, 0.6) is 0 Å². The molecule has 1 aliphatic rings. The Kier molecular flexibility index (Phi) is 4.18. The monoisotopic (exact) mass is 297 g/mol. The number of unbranched alkanes of at least 4 members (excludes halogenated alkanes) is 1.